The quantitative estimate of drug-likeness (QED) is 0.416. The monoisotopic (exact) mass is 418 g/mol. The van der Waals surface area contributed by atoms with Gasteiger partial charge in [-0.05, 0) is 75.4 Å². The number of para-hydroxylation sites is 1. The van der Waals surface area contributed by atoms with E-state index < -0.39 is 0 Å². The highest BCUT2D eigenvalue weighted by atomic mass is 16.5. The SMILES string of the molecule is CCCCOc1ncccc1-c1cc(NCCCC2CCCNC2)c2ccccc2n1. The molecule has 2 N–H and O–H groups in total. The molecule has 4 rings (SSSR count). The Hall–Kier alpha value is -2.66. The molecule has 1 aromatic carbocycles. The Morgan fingerprint density at radius 2 is 2.10 bits per heavy atom. The van der Waals surface area contributed by atoms with Gasteiger partial charge in [-0.15, -0.1) is 0 Å². The third-order valence-corrected chi connectivity index (χ3v) is 6.00. The molecule has 1 aliphatic rings. The number of fused-ring (bicyclic) bond motifs is 1. The van der Waals surface area contributed by atoms with E-state index in [9.17, 15) is 0 Å². The average molecular weight is 419 g/mol. The van der Waals surface area contributed by atoms with E-state index in [2.05, 4.69) is 46.8 Å². The van der Waals surface area contributed by atoms with E-state index in [0.29, 0.717) is 12.5 Å². The molecular weight excluding hydrogens is 384 g/mol. The fourth-order valence-electron chi connectivity index (χ4n) is 4.26. The van der Waals surface area contributed by atoms with Crippen molar-refractivity contribution in [2.45, 2.75) is 45.4 Å². The molecule has 1 fully saturated rings. The lowest BCUT2D eigenvalue weighted by Gasteiger charge is -2.22. The van der Waals surface area contributed by atoms with Crippen LogP contribution in [0.25, 0.3) is 22.2 Å². The van der Waals surface area contributed by atoms with Crippen molar-refractivity contribution >= 4 is 16.6 Å². The molecule has 3 heterocycles. The van der Waals surface area contributed by atoms with Gasteiger partial charge in [-0.3, -0.25) is 0 Å². The molecule has 1 saturated heterocycles. The van der Waals surface area contributed by atoms with Crippen LogP contribution in [0.1, 0.15) is 45.4 Å². The molecule has 0 bridgehead atoms. The van der Waals surface area contributed by atoms with E-state index in [0.717, 1.165) is 53.2 Å². The van der Waals surface area contributed by atoms with E-state index in [1.807, 2.05) is 18.2 Å². The lowest BCUT2D eigenvalue weighted by atomic mass is 9.95. The van der Waals surface area contributed by atoms with Gasteiger partial charge in [0.1, 0.15) is 0 Å². The fourth-order valence-corrected chi connectivity index (χ4v) is 4.26. The third kappa shape index (κ3) is 5.73. The fraction of sp³-hybridized carbons (Fsp3) is 0.462. The minimum absolute atomic E-state index is 0.662. The van der Waals surface area contributed by atoms with Gasteiger partial charge in [0, 0.05) is 23.8 Å². The first-order chi connectivity index (χ1) is 15.3. The number of anilines is 1. The Bertz CT molecular complexity index is 969. The predicted octanol–water partition coefficient (Wildman–Crippen LogP) is 5.67. The normalized spacial score (nSPS) is 16.4. The van der Waals surface area contributed by atoms with Gasteiger partial charge in [0.05, 0.1) is 23.4 Å². The van der Waals surface area contributed by atoms with Crippen LogP contribution < -0.4 is 15.4 Å². The van der Waals surface area contributed by atoms with Gasteiger partial charge in [-0.2, -0.15) is 0 Å². The molecule has 0 spiro atoms. The summed E-state index contributed by atoms with van der Waals surface area (Å²) in [6.07, 6.45) is 9.02. The second-order valence-electron chi connectivity index (χ2n) is 8.41. The summed E-state index contributed by atoms with van der Waals surface area (Å²) in [4.78, 5) is 9.40. The molecule has 0 radical (unpaired) electrons. The Balaban J connectivity index is 1.53. The van der Waals surface area contributed by atoms with Gasteiger partial charge in [0.15, 0.2) is 0 Å². The number of nitrogens with zero attached hydrogens (tertiary/aromatic N) is 2. The summed E-state index contributed by atoms with van der Waals surface area (Å²) in [5.41, 5.74) is 3.96. The molecule has 0 aliphatic carbocycles. The molecule has 31 heavy (non-hydrogen) atoms. The van der Waals surface area contributed by atoms with Crippen LogP contribution in [0, 0.1) is 5.92 Å². The third-order valence-electron chi connectivity index (χ3n) is 6.00. The summed E-state index contributed by atoms with van der Waals surface area (Å²) in [5.74, 6) is 1.48. The number of piperidine rings is 1. The number of hydrogen-bond donors (Lipinski definition) is 2. The topological polar surface area (TPSA) is 59.1 Å². The second kappa shape index (κ2) is 11.1. The van der Waals surface area contributed by atoms with Crippen LogP contribution in [0.2, 0.25) is 0 Å². The molecular formula is C26H34N4O. The number of rotatable bonds is 10. The Morgan fingerprint density at radius 1 is 1.16 bits per heavy atom. The van der Waals surface area contributed by atoms with Crippen molar-refractivity contribution in [1.29, 1.82) is 0 Å². The summed E-state index contributed by atoms with van der Waals surface area (Å²) in [6, 6.07) is 14.5. The average Bonchev–Trinajstić information content (AvgIpc) is 2.83. The van der Waals surface area contributed by atoms with Crippen molar-refractivity contribution in [3.63, 3.8) is 0 Å². The molecule has 3 aromatic rings. The number of nitrogens with one attached hydrogen (secondary N) is 2. The minimum atomic E-state index is 0.662. The number of unbranched alkanes of at least 4 members (excludes halogenated alkanes) is 1. The number of pyridine rings is 2. The molecule has 1 aliphatic heterocycles. The standard InChI is InChI=1S/C26H34N4O/c1-2-3-17-31-26-22(12-8-16-29-26)25-18-24(21-11-4-5-13-23(21)30-25)28-15-7-10-20-9-6-14-27-19-20/h4-5,8,11-13,16,18,20,27H,2-3,6-7,9-10,14-15,17,19H2,1H3,(H,28,30). The molecule has 5 heteroatoms. The van der Waals surface area contributed by atoms with Crippen molar-refractivity contribution < 1.29 is 4.74 Å². The molecule has 164 valence electrons. The Morgan fingerprint density at radius 3 is 2.97 bits per heavy atom. The Kier molecular flexibility index (Phi) is 7.72. The smallest absolute Gasteiger partial charge is 0.222 e. The minimum Gasteiger partial charge on any atom is -0.477 e. The van der Waals surface area contributed by atoms with Gasteiger partial charge in [-0.25, -0.2) is 9.97 Å². The zero-order valence-corrected chi connectivity index (χ0v) is 18.6. The van der Waals surface area contributed by atoms with Gasteiger partial charge in [-0.1, -0.05) is 31.5 Å². The summed E-state index contributed by atoms with van der Waals surface area (Å²) in [7, 11) is 0. The lowest BCUT2D eigenvalue weighted by Crippen LogP contribution is -2.29. The number of ether oxygens (including phenoxy) is 1. The lowest BCUT2D eigenvalue weighted by molar-refractivity contribution is 0.299. The van der Waals surface area contributed by atoms with Crippen LogP contribution in [-0.2, 0) is 0 Å². The molecule has 2 aromatic heterocycles. The Labute approximate surface area is 185 Å². The maximum atomic E-state index is 5.97. The van der Waals surface area contributed by atoms with Crippen LogP contribution in [0.15, 0.2) is 48.7 Å². The van der Waals surface area contributed by atoms with Crippen LogP contribution >= 0.6 is 0 Å². The molecule has 1 unspecified atom stereocenters. The first-order valence-electron chi connectivity index (χ1n) is 11.8. The van der Waals surface area contributed by atoms with E-state index in [1.165, 1.54) is 38.8 Å². The van der Waals surface area contributed by atoms with Crippen molar-refractivity contribution in [3.05, 3.63) is 48.7 Å². The van der Waals surface area contributed by atoms with Crippen molar-refractivity contribution in [2.75, 3.05) is 31.6 Å². The first kappa shape index (κ1) is 21.6. The molecule has 0 saturated carbocycles. The van der Waals surface area contributed by atoms with Crippen molar-refractivity contribution in [2.24, 2.45) is 5.92 Å². The number of aromatic nitrogens is 2. The summed E-state index contributed by atoms with van der Waals surface area (Å²) >= 11 is 0. The van der Waals surface area contributed by atoms with E-state index in [4.69, 9.17) is 9.72 Å². The van der Waals surface area contributed by atoms with E-state index >= 15 is 0 Å². The zero-order valence-electron chi connectivity index (χ0n) is 18.6. The maximum Gasteiger partial charge on any atom is 0.222 e. The van der Waals surface area contributed by atoms with Crippen LogP contribution in [0.3, 0.4) is 0 Å². The van der Waals surface area contributed by atoms with Crippen LogP contribution in [0.4, 0.5) is 5.69 Å². The van der Waals surface area contributed by atoms with E-state index in [-0.39, 0.29) is 0 Å². The zero-order chi connectivity index (χ0) is 21.3. The largest absolute Gasteiger partial charge is 0.477 e. The van der Waals surface area contributed by atoms with Gasteiger partial charge < -0.3 is 15.4 Å². The highest BCUT2D eigenvalue weighted by molar-refractivity contribution is 5.94. The van der Waals surface area contributed by atoms with Crippen molar-refractivity contribution in [1.82, 2.24) is 15.3 Å². The molecule has 0 amide bonds. The van der Waals surface area contributed by atoms with Crippen LogP contribution in [-0.4, -0.2) is 36.2 Å². The van der Waals surface area contributed by atoms with Gasteiger partial charge in [0.2, 0.25) is 5.88 Å². The number of hydrogen-bond acceptors (Lipinski definition) is 5. The summed E-state index contributed by atoms with van der Waals surface area (Å²) in [5, 5.41) is 8.36. The molecule has 5 nitrogen and oxygen atoms in total. The molecule has 1 atom stereocenters. The van der Waals surface area contributed by atoms with Crippen LogP contribution in [0.5, 0.6) is 5.88 Å². The summed E-state index contributed by atoms with van der Waals surface area (Å²) < 4.78 is 5.97. The van der Waals surface area contributed by atoms with Gasteiger partial charge in [0.25, 0.3) is 0 Å². The number of benzene rings is 1. The predicted molar refractivity (Wildman–Crippen MR) is 129 cm³/mol. The maximum absolute atomic E-state index is 5.97. The highest BCUT2D eigenvalue weighted by Gasteiger charge is 2.14. The highest BCUT2D eigenvalue weighted by Crippen LogP contribution is 2.32. The first-order valence-corrected chi connectivity index (χ1v) is 11.8. The summed E-state index contributed by atoms with van der Waals surface area (Å²) in [6.45, 7) is 6.16. The second-order valence-corrected chi connectivity index (χ2v) is 8.41. The van der Waals surface area contributed by atoms with Crippen molar-refractivity contribution in [3.8, 4) is 17.1 Å². The van der Waals surface area contributed by atoms with Gasteiger partial charge >= 0.3 is 0 Å². The van der Waals surface area contributed by atoms with E-state index in [1.54, 1.807) is 6.20 Å².